The molecule has 1 atom stereocenters. The summed E-state index contributed by atoms with van der Waals surface area (Å²) in [6, 6.07) is -0.140. The number of hydrogen-bond acceptors (Lipinski definition) is 6. The predicted octanol–water partition coefficient (Wildman–Crippen LogP) is 4.85. The molecule has 0 aliphatic heterocycles. The Morgan fingerprint density at radius 1 is 1.45 bits per heavy atom. The topological polar surface area (TPSA) is 76.9 Å². The van der Waals surface area contributed by atoms with Crippen LogP contribution in [0, 0.1) is 5.82 Å². The Kier molecular flexibility index (Phi) is 7.48. The molecule has 0 saturated heterocycles. The maximum Gasteiger partial charge on any atom is 0.414 e. The summed E-state index contributed by atoms with van der Waals surface area (Å²) in [5.41, 5.74) is 0.701. The molecule has 158 valence electrons. The average Bonchev–Trinajstić information content (AvgIpc) is 2.61. The number of aliphatic imine (C=N–C) groups is 1. The minimum absolute atomic E-state index is 0.0908. The second kappa shape index (κ2) is 9.45. The molecule has 0 bridgehead atoms. The molecule has 2 rings (SSSR count). The van der Waals surface area contributed by atoms with Crippen LogP contribution >= 0.6 is 11.6 Å². The largest absolute Gasteiger partial charge is 0.443 e. The lowest BCUT2D eigenvalue weighted by molar-refractivity contribution is 0.0286. The summed E-state index contributed by atoms with van der Waals surface area (Å²) < 4.78 is 24.9. The van der Waals surface area contributed by atoms with Gasteiger partial charge in [0, 0.05) is 31.5 Å². The summed E-state index contributed by atoms with van der Waals surface area (Å²) in [4.78, 5) is 25.8. The molecule has 1 aromatic rings. The summed E-state index contributed by atoms with van der Waals surface area (Å²) in [7, 11) is 1.57. The number of hydrogen-bond donors (Lipinski definition) is 0. The average molecular weight is 425 g/mol. The lowest BCUT2D eigenvalue weighted by Gasteiger charge is -2.30. The van der Waals surface area contributed by atoms with Gasteiger partial charge in [-0.3, -0.25) is 4.90 Å². The summed E-state index contributed by atoms with van der Waals surface area (Å²) in [6.07, 6.45) is 5.71. The van der Waals surface area contributed by atoms with Gasteiger partial charge in [0.25, 0.3) is 0 Å². The third-order valence-corrected chi connectivity index (χ3v) is 4.06. The molecule has 0 fully saturated rings. The van der Waals surface area contributed by atoms with E-state index < -0.39 is 17.5 Å². The molecule has 0 spiro atoms. The van der Waals surface area contributed by atoms with Crippen LogP contribution in [0.2, 0.25) is 5.28 Å². The van der Waals surface area contributed by atoms with Crippen LogP contribution in [0.3, 0.4) is 0 Å². The highest BCUT2D eigenvalue weighted by atomic mass is 35.5. The van der Waals surface area contributed by atoms with E-state index in [1.165, 1.54) is 4.90 Å². The van der Waals surface area contributed by atoms with Crippen LogP contribution in [0.15, 0.2) is 35.1 Å². The fourth-order valence-electron chi connectivity index (χ4n) is 2.57. The first-order chi connectivity index (χ1) is 13.5. The van der Waals surface area contributed by atoms with E-state index >= 15 is 0 Å². The number of methoxy groups -OCH3 is 1. The van der Waals surface area contributed by atoms with Crippen molar-refractivity contribution in [3.63, 3.8) is 0 Å². The number of allylic oxidation sites excluding steroid dienone is 1. The Hall–Kier alpha value is -2.32. The molecule has 0 N–H and O–H groups in total. The van der Waals surface area contributed by atoms with E-state index in [-0.39, 0.29) is 23.2 Å². The molecule has 9 heteroatoms. The van der Waals surface area contributed by atoms with Crippen LogP contribution in [-0.4, -0.2) is 51.5 Å². The number of ether oxygens (including phenoxy) is 2. The molecule has 1 amide bonds. The van der Waals surface area contributed by atoms with E-state index in [2.05, 4.69) is 15.0 Å². The van der Waals surface area contributed by atoms with Gasteiger partial charge in [0.2, 0.25) is 5.28 Å². The van der Waals surface area contributed by atoms with Gasteiger partial charge >= 0.3 is 6.09 Å². The second-order valence-corrected chi connectivity index (χ2v) is 8.13. The van der Waals surface area contributed by atoms with Crippen molar-refractivity contribution in [1.82, 2.24) is 14.9 Å². The van der Waals surface area contributed by atoms with Gasteiger partial charge in [-0.1, -0.05) is 0 Å². The highest BCUT2D eigenvalue weighted by Gasteiger charge is 2.26. The van der Waals surface area contributed by atoms with Crippen LogP contribution in [0.4, 0.5) is 15.0 Å². The quantitative estimate of drug-likeness (QED) is 0.646. The molecule has 1 aromatic heterocycles. The third kappa shape index (κ3) is 6.61. The SMILES string of the molecule is COC1C=CC(=Nc2nc(Cl)ncc2F)CC1=CN(C(=O)OC(C)(C)C)C(C)C. The van der Waals surface area contributed by atoms with E-state index in [9.17, 15) is 9.18 Å². The number of rotatable bonds is 4. The Balaban J connectivity index is 2.36. The number of nitrogens with zero attached hydrogens (tertiary/aromatic N) is 4. The van der Waals surface area contributed by atoms with Crippen molar-refractivity contribution in [3.8, 4) is 0 Å². The first-order valence-electron chi connectivity index (χ1n) is 9.18. The smallest absolute Gasteiger partial charge is 0.414 e. The van der Waals surface area contributed by atoms with Crippen LogP contribution in [0.25, 0.3) is 0 Å². The van der Waals surface area contributed by atoms with Crippen molar-refractivity contribution >= 4 is 29.2 Å². The fourth-order valence-corrected chi connectivity index (χ4v) is 2.70. The highest BCUT2D eigenvalue weighted by Crippen LogP contribution is 2.24. The summed E-state index contributed by atoms with van der Waals surface area (Å²) in [5.74, 6) is -0.819. The molecule has 0 saturated carbocycles. The number of amides is 1. The highest BCUT2D eigenvalue weighted by molar-refractivity contribution is 6.28. The summed E-state index contributed by atoms with van der Waals surface area (Å²) >= 11 is 5.73. The lowest BCUT2D eigenvalue weighted by Crippen LogP contribution is -2.38. The molecule has 1 aliphatic carbocycles. The van der Waals surface area contributed by atoms with E-state index in [0.717, 1.165) is 11.8 Å². The third-order valence-electron chi connectivity index (χ3n) is 3.88. The maximum absolute atomic E-state index is 13.9. The molecule has 0 radical (unpaired) electrons. The molecule has 0 aromatic carbocycles. The Labute approximate surface area is 175 Å². The van der Waals surface area contributed by atoms with Crippen LogP contribution in [0.1, 0.15) is 41.0 Å². The molecule has 7 nitrogen and oxygen atoms in total. The van der Waals surface area contributed by atoms with Crippen molar-refractivity contribution in [3.05, 3.63) is 41.2 Å². The summed E-state index contributed by atoms with van der Waals surface area (Å²) in [5, 5.41) is -0.0908. The maximum atomic E-state index is 13.9. The predicted molar refractivity (Wildman–Crippen MR) is 110 cm³/mol. The number of aromatic nitrogens is 2. The zero-order valence-corrected chi connectivity index (χ0v) is 18.2. The van der Waals surface area contributed by atoms with E-state index in [0.29, 0.717) is 12.1 Å². The van der Waals surface area contributed by atoms with E-state index in [4.69, 9.17) is 21.1 Å². The van der Waals surface area contributed by atoms with Crippen molar-refractivity contribution in [1.29, 1.82) is 0 Å². The fraction of sp³-hybridized carbons (Fsp3) is 0.500. The molecule has 1 heterocycles. The lowest BCUT2D eigenvalue weighted by atomic mass is 9.97. The second-order valence-electron chi connectivity index (χ2n) is 7.79. The van der Waals surface area contributed by atoms with E-state index in [1.54, 1.807) is 25.5 Å². The van der Waals surface area contributed by atoms with Gasteiger partial charge < -0.3 is 9.47 Å². The summed E-state index contributed by atoms with van der Waals surface area (Å²) in [6.45, 7) is 9.20. The van der Waals surface area contributed by atoms with Crippen LogP contribution < -0.4 is 0 Å². The van der Waals surface area contributed by atoms with E-state index in [1.807, 2.05) is 34.6 Å². The van der Waals surface area contributed by atoms with Crippen LogP contribution in [0.5, 0.6) is 0 Å². The van der Waals surface area contributed by atoms with Crippen molar-refractivity contribution in [2.45, 2.75) is 58.8 Å². The standard InChI is InChI=1S/C20H26ClFN4O3/c1-12(2)26(19(27)29-20(3,4)5)11-13-9-14(7-8-16(13)28-6)24-17-15(22)10-23-18(21)25-17/h7-8,10-12,16H,9H2,1-6H3. The molecule has 1 unspecified atom stereocenters. The van der Waals surface area contributed by atoms with Gasteiger partial charge in [-0.05, 0) is 63.9 Å². The van der Waals surface area contributed by atoms with Crippen molar-refractivity contribution in [2.24, 2.45) is 4.99 Å². The van der Waals surface area contributed by atoms with Crippen molar-refractivity contribution < 1.29 is 18.7 Å². The molecular weight excluding hydrogens is 399 g/mol. The Morgan fingerprint density at radius 3 is 2.72 bits per heavy atom. The van der Waals surface area contributed by atoms with Gasteiger partial charge in [0.1, 0.15) is 5.60 Å². The van der Waals surface area contributed by atoms with Gasteiger partial charge in [-0.2, -0.15) is 4.98 Å². The number of carbonyl (C=O) groups excluding carboxylic acids is 1. The molecule has 29 heavy (non-hydrogen) atoms. The first-order valence-corrected chi connectivity index (χ1v) is 9.56. The monoisotopic (exact) mass is 424 g/mol. The van der Waals surface area contributed by atoms with Gasteiger partial charge in [0.05, 0.1) is 12.3 Å². The van der Waals surface area contributed by atoms with Crippen molar-refractivity contribution in [2.75, 3.05) is 7.11 Å². The number of carbonyl (C=O) groups is 1. The minimum atomic E-state index is -0.674. The van der Waals surface area contributed by atoms with Gasteiger partial charge in [-0.25, -0.2) is 19.2 Å². The Morgan fingerprint density at radius 2 is 2.14 bits per heavy atom. The van der Waals surface area contributed by atoms with Gasteiger partial charge in [0.15, 0.2) is 11.6 Å². The Bertz CT molecular complexity index is 847. The minimum Gasteiger partial charge on any atom is -0.443 e. The number of halogens is 2. The normalized spacial score (nSPS) is 19.8. The first kappa shape index (κ1) is 23.0. The van der Waals surface area contributed by atoms with Gasteiger partial charge in [-0.15, -0.1) is 0 Å². The molecule has 1 aliphatic rings. The zero-order chi connectivity index (χ0) is 21.8. The van der Waals surface area contributed by atoms with Crippen LogP contribution in [-0.2, 0) is 9.47 Å². The zero-order valence-electron chi connectivity index (χ0n) is 17.4. The molecular formula is C20H26ClFN4O3.